The average Bonchev–Trinajstić information content (AvgIpc) is 2.89. The molecule has 1 N–H and O–H groups in total. The summed E-state index contributed by atoms with van der Waals surface area (Å²) in [5.41, 5.74) is 2.65. The van der Waals surface area contributed by atoms with Crippen LogP contribution in [0.15, 0.2) is 84.9 Å². The van der Waals surface area contributed by atoms with E-state index in [0.717, 1.165) is 22.2 Å². The highest BCUT2D eigenvalue weighted by Gasteiger charge is 2.39. The summed E-state index contributed by atoms with van der Waals surface area (Å²) < 4.78 is 11.9. The van der Waals surface area contributed by atoms with E-state index in [2.05, 4.69) is 24.3 Å². The highest BCUT2D eigenvalue weighted by atomic mass is 16.5. The lowest BCUT2D eigenvalue weighted by molar-refractivity contribution is 0.0596. The first kappa shape index (κ1) is 21.6. The van der Waals surface area contributed by atoms with Crippen LogP contribution in [0.2, 0.25) is 0 Å². The van der Waals surface area contributed by atoms with Gasteiger partial charge in [0.1, 0.15) is 17.1 Å². The Bertz CT molecular complexity index is 1410. The minimum atomic E-state index is -0.924. The quantitative estimate of drug-likeness (QED) is 0.401. The first-order valence-electron chi connectivity index (χ1n) is 11.0. The second-order valence-electron chi connectivity index (χ2n) is 8.48. The van der Waals surface area contributed by atoms with Gasteiger partial charge in [-0.05, 0) is 24.3 Å². The predicted molar refractivity (Wildman–Crippen MR) is 135 cm³/mol. The number of nitrogens with zero attached hydrogens (tertiary/aromatic N) is 1. The molecule has 0 fully saturated rings. The Morgan fingerprint density at radius 1 is 0.882 bits per heavy atom. The van der Waals surface area contributed by atoms with Crippen molar-refractivity contribution in [1.82, 2.24) is 0 Å². The van der Waals surface area contributed by atoms with Gasteiger partial charge in [0.25, 0.3) is 0 Å². The van der Waals surface area contributed by atoms with E-state index in [1.807, 2.05) is 79.7 Å². The maximum absolute atomic E-state index is 12.7. The monoisotopic (exact) mass is 451 g/mol. The fourth-order valence-corrected chi connectivity index (χ4v) is 4.55. The van der Waals surface area contributed by atoms with Crippen LogP contribution in [-0.4, -0.2) is 32.3 Å². The van der Waals surface area contributed by atoms with Gasteiger partial charge in [0.15, 0.2) is 5.60 Å². The average molecular weight is 452 g/mol. The van der Waals surface area contributed by atoms with Gasteiger partial charge in [0.05, 0.1) is 7.11 Å². The molecule has 1 heterocycles. The van der Waals surface area contributed by atoms with Crippen molar-refractivity contribution in [3.8, 4) is 11.5 Å². The summed E-state index contributed by atoms with van der Waals surface area (Å²) in [5, 5.41) is 12.2. The first-order valence-corrected chi connectivity index (χ1v) is 11.0. The van der Waals surface area contributed by atoms with Crippen LogP contribution < -0.4 is 9.64 Å². The van der Waals surface area contributed by atoms with E-state index in [1.54, 1.807) is 6.07 Å². The van der Waals surface area contributed by atoms with Crippen LogP contribution in [-0.2, 0) is 10.3 Å². The van der Waals surface area contributed by atoms with Crippen LogP contribution in [0.1, 0.15) is 27.0 Å². The van der Waals surface area contributed by atoms with Crippen molar-refractivity contribution in [2.45, 2.75) is 5.60 Å². The van der Waals surface area contributed by atoms with Crippen molar-refractivity contribution in [1.29, 1.82) is 0 Å². The fourth-order valence-electron chi connectivity index (χ4n) is 4.55. The van der Waals surface area contributed by atoms with Gasteiger partial charge in [-0.1, -0.05) is 66.7 Å². The van der Waals surface area contributed by atoms with Gasteiger partial charge in [-0.25, -0.2) is 4.79 Å². The van der Waals surface area contributed by atoms with Crippen molar-refractivity contribution in [2.24, 2.45) is 0 Å². The zero-order valence-electron chi connectivity index (χ0n) is 19.3. The van der Waals surface area contributed by atoms with E-state index in [9.17, 15) is 9.90 Å². The molecule has 170 valence electrons. The van der Waals surface area contributed by atoms with E-state index in [1.165, 1.54) is 7.11 Å². The molecule has 4 aromatic rings. The lowest BCUT2D eigenvalue weighted by Gasteiger charge is -2.37. The second kappa shape index (κ2) is 8.27. The normalized spacial score (nSPS) is 16.6. The Hall–Kier alpha value is -4.25. The van der Waals surface area contributed by atoms with Gasteiger partial charge < -0.3 is 19.5 Å². The molecular formula is C29H25NO4. The molecule has 0 aromatic heterocycles. The summed E-state index contributed by atoms with van der Waals surface area (Å²) in [5.74, 6) is -0.205. The lowest BCUT2D eigenvalue weighted by atomic mass is 9.82. The summed E-state index contributed by atoms with van der Waals surface area (Å²) >= 11 is 0. The van der Waals surface area contributed by atoms with E-state index >= 15 is 0 Å². The molecule has 5 rings (SSSR count). The Labute approximate surface area is 198 Å². The summed E-state index contributed by atoms with van der Waals surface area (Å²) in [6, 6.07) is 25.6. The zero-order valence-corrected chi connectivity index (χ0v) is 19.3. The number of rotatable bonds is 4. The van der Waals surface area contributed by atoms with Crippen molar-refractivity contribution < 1.29 is 19.4 Å². The molecular weight excluding hydrogens is 426 g/mol. The maximum atomic E-state index is 12.7. The molecule has 0 saturated carbocycles. The molecule has 0 radical (unpaired) electrons. The van der Waals surface area contributed by atoms with E-state index in [4.69, 9.17) is 9.47 Å². The van der Waals surface area contributed by atoms with Crippen molar-refractivity contribution >= 4 is 28.5 Å². The van der Waals surface area contributed by atoms with Crippen LogP contribution in [0.4, 0.5) is 5.69 Å². The second-order valence-corrected chi connectivity index (χ2v) is 8.48. The number of carbonyl (C=O) groups is 1. The van der Waals surface area contributed by atoms with Crippen molar-refractivity contribution in [2.75, 3.05) is 26.1 Å². The number of carbonyl (C=O) groups excluding carboxylic acids is 1. The molecule has 5 nitrogen and oxygen atoms in total. The highest BCUT2D eigenvalue weighted by Crippen LogP contribution is 2.49. The van der Waals surface area contributed by atoms with Gasteiger partial charge in [-0.3, -0.25) is 0 Å². The number of phenolic OH excluding ortho intramolecular Hbond substituents is 1. The lowest BCUT2D eigenvalue weighted by Crippen LogP contribution is -2.34. The number of aromatic hydroxyl groups is 1. The molecule has 0 saturated heterocycles. The number of esters is 1. The predicted octanol–water partition coefficient (Wildman–Crippen LogP) is 5.75. The number of methoxy groups -OCH3 is 1. The van der Waals surface area contributed by atoms with Gasteiger partial charge in [0, 0.05) is 47.2 Å². The van der Waals surface area contributed by atoms with Crippen LogP contribution in [0.5, 0.6) is 11.5 Å². The minimum Gasteiger partial charge on any atom is -0.506 e. The minimum absolute atomic E-state index is 0.0945. The summed E-state index contributed by atoms with van der Waals surface area (Å²) in [7, 11) is 5.31. The van der Waals surface area contributed by atoms with E-state index in [-0.39, 0.29) is 11.3 Å². The standard InChI is InChI=1S/C29H25NO4/c1-30(2)21-15-13-20(14-16-21)29(19-9-5-4-6-10-19)18-17-24-25(28(32)33-3)26(31)22-11-7-8-12-23(22)27(24)34-29/h4-18,31H,1-3H3. The topological polar surface area (TPSA) is 59.0 Å². The molecule has 4 aromatic carbocycles. The third-order valence-electron chi connectivity index (χ3n) is 6.33. The first-order chi connectivity index (χ1) is 16.5. The molecule has 5 heteroatoms. The third kappa shape index (κ3) is 3.28. The largest absolute Gasteiger partial charge is 0.506 e. The number of phenols is 1. The fraction of sp³-hybridized carbons (Fsp3) is 0.138. The van der Waals surface area contributed by atoms with Crippen LogP contribution in [0.3, 0.4) is 0 Å². The number of ether oxygens (including phenoxy) is 2. The molecule has 0 bridgehead atoms. The number of fused-ring (bicyclic) bond motifs is 3. The molecule has 0 amide bonds. The van der Waals surface area contributed by atoms with Gasteiger partial charge in [0.2, 0.25) is 0 Å². The Morgan fingerprint density at radius 3 is 2.15 bits per heavy atom. The Balaban J connectivity index is 1.80. The Kier molecular flexibility index (Phi) is 5.25. The van der Waals surface area contributed by atoms with Crippen LogP contribution in [0.25, 0.3) is 16.8 Å². The molecule has 1 aliphatic heterocycles. The van der Waals surface area contributed by atoms with Crippen LogP contribution in [0, 0.1) is 0 Å². The van der Waals surface area contributed by atoms with Crippen molar-refractivity contribution in [3.63, 3.8) is 0 Å². The van der Waals surface area contributed by atoms with Gasteiger partial charge >= 0.3 is 5.97 Å². The molecule has 1 unspecified atom stereocenters. The maximum Gasteiger partial charge on any atom is 0.342 e. The van der Waals surface area contributed by atoms with E-state index in [0.29, 0.717) is 16.7 Å². The number of hydrogen-bond donors (Lipinski definition) is 1. The molecule has 1 aliphatic rings. The highest BCUT2D eigenvalue weighted by molar-refractivity contribution is 6.08. The van der Waals surface area contributed by atoms with Crippen molar-refractivity contribution in [3.05, 3.63) is 107 Å². The number of anilines is 1. The number of hydrogen-bond acceptors (Lipinski definition) is 5. The molecule has 0 aliphatic carbocycles. The third-order valence-corrected chi connectivity index (χ3v) is 6.33. The Morgan fingerprint density at radius 2 is 1.50 bits per heavy atom. The van der Waals surface area contributed by atoms with Crippen LogP contribution >= 0.6 is 0 Å². The zero-order chi connectivity index (χ0) is 23.9. The molecule has 0 spiro atoms. The van der Waals surface area contributed by atoms with Gasteiger partial charge in [-0.15, -0.1) is 0 Å². The smallest absolute Gasteiger partial charge is 0.342 e. The molecule has 34 heavy (non-hydrogen) atoms. The van der Waals surface area contributed by atoms with E-state index < -0.39 is 11.6 Å². The van der Waals surface area contributed by atoms with Gasteiger partial charge in [-0.2, -0.15) is 0 Å². The summed E-state index contributed by atoms with van der Waals surface area (Å²) in [6.45, 7) is 0. The summed E-state index contributed by atoms with van der Waals surface area (Å²) in [6.07, 6.45) is 3.79. The molecule has 1 atom stereocenters. The number of benzene rings is 4. The SMILES string of the molecule is COC(=O)c1c2c(c3ccccc3c1O)OC(c1ccccc1)(c1ccc(N(C)C)cc1)C=C2. The summed E-state index contributed by atoms with van der Waals surface area (Å²) in [4.78, 5) is 14.7.